The summed E-state index contributed by atoms with van der Waals surface area (Å²) in [7, 11) is 0. The molecule has 0 saturated carbocycles. The molecule has 3 aromatic carbocycles. The van der Waals surface area contributed by atoms with Crippen LogP contribution in [0.5, 0.6) is 5.75 Å². The fraction of sp³-hybridized carbons (Fsp3) is 0.207. The largest absolute Gasteiger partial charge is 0.493 e. The molecule has 4 rings (SSSR count). The van der Waals surface area contributed by atoms with Gasteiger partial charge in [0.05, 0.1) is 23.6 Å². The third kappa shape index (κ3) is 6.27. The van der Waals surface area contributed by atoms with Gasteiger partial charge in [-0.05, 0) is 55.7 Å². The topological polar surface area (TPSA) is 102 Å². The van der Waals surface area contributed by atoms with Gasteiger partial charge in [-0.25, -0.2) is 4.79 Å². The quantitative estimate of drug-likeness (QED) is 0.221. The molecule has 0 aliphatic carbocycles. The summed E-state index contributed by atoms with van der Waals surface area (Å²) < 4.78 is 8.68. The van der Waals surface area contributed by atoms with Crippen molar-refractivity contribution in [3.63, 3.8) is 0 Å². The Morgan fingerprint density at radius 1 is 0.973 bits per heavy atom. The first kappa shape index (κ1) is 26.2. The van der Waals surface area contributed by atoms with Crippen molar-refractivity contribution >= 4 is 27.9 Å². The maximum absolute atomic E-state index is 11.6. The monoisotopic (exact) mass is 562 g/mol. The summed E-state index contributed by atoms with van der Waals surface area (Å²) in [6.45, 7) is 2.75. The van der Waals surface area contributed by atoms with Crippen LogP contribution in [-0.2, 0) is 24.2 Å². The molecule has 1 heterocycles. The molecule has 0 bridgehead atoms. The van der Waals surface area contributed by atoms with Gasteiger partial charge in [0.15, 0.2) is 0 Å². The van der Waals surface area contributed by atoms with E-state index >= 15 is 0 Å². The summed E-state index contributed by atoms with van der Waals surface area (Å²) in [5, 5.41) is 24.0. The number of rotatable bonds is 11. The highest BCUT2D eigenvalue weighted by molar-refractivity contribution is 9.10. The third-order valence-corrected chi connectivity index (χ3v) is 6.52. The molecular weight excluding hydrogens is 536 g/mol. The number of halogens is 1. The SMILES string of the molecule is CCOc1cc(C(=O)O)ccc1-c1nn(CCc2ccccc2)c(-c2ccc(Br)cc2)c1CCC(=O)O. The molecule has 0 unspecified atom stereocenters. The lowest BCUT2D eigenvalue weighted by Crippen LogP contribution is -2.06. The Bertz CT molecular complexity index is 1400. The average molecular weight is 563 g/mol. The van der Waals surface area contributed by atoms with Crippen LogP contribution in [-0.4, -0.2) is 38.5 Å². The number of ether oxygens (including phenoxy) is 1. The second-order valence-electron chi connectivity index (χ2n) is 8.48. The van der Waals surface area contributed by atoms with Crippen LogP contribution in [0.25, 0.3) is 22.5 Å². The van der Waals surface area contributed by atoms with Gasteiger partial charge in [0.25, 0.3) is 0 Å². The molecule has 8 heteroatoms. The average Bonchev–Trinajstić information content (AvgIpc) is 3.25. The predicted octanol–water partition coefficient (Wildman–Crippen LogP) is 6.34. The maximum Gasteiger partial charge on any atom is 0.335 e. The molecule has 0 spiro atoms. The number of aliphatic carboxylic acids is 1. The molecule has 2 N–H and O–H groups in total. The van der Waals surface area contributed by atoms with E-state index in [1.165, 1.54) is 12.1 Å². The lowest BCUT2D eigenvalue weighted by molar-refractivity contribution is -0.136. The lowest BCUT2D eigenvalue weighted by Gasteiger charge is -2.12. The van der Waals surface area contributed by atoms with Crippen molar-refractivity contribution in [1.82, 2.24) is 9.78 Å². The molecule has 37 heavy (non-hydrogen) atoms. The fourth-order valence-corrected chi connectivity index (χ4v) is 4.55. The van der Waals surface area contributed by atoms with E-state index in [1.807, 2.05) is 54.1 Å². The molecule has 0 amide bonds. The number of carboxylic acids is 2. The number of carbonyl (C=O) groups is 2. The van der Waals surface area contributed by atoms with Crippen molar-refractivity contribution in [3.05, 3.63) is 94.0 Å². The molecule has 0 fully saturated rings. The van der Waals surface area contributed by atoms with E-state index in [0.29, 0.717) is 30.2 Å². The Morgan fingerprint density at radius 3 is 2.35 bits per heavy atom. The van der Waals surface area contributed by atoms with Crippen molar-refractivity contribution in [1.29, 1.82) is 0 Å². The van der Waals surface area contributed by atoms with Crippen LogP contribution in [0.4, 0.5) is 0 Å². The lowest BCUT2D eigenvalue weighted by atomic mass is 9.97. The normalized spacial score (nSPS) is 10.9. The van der Waals surface area contributed by atoms with Crippen LogP contribution >= 0.6 is 15.9 Å². The Kier molecular flexibility index (Phi) is 8.40. The number of hydrogen-bond acceptors (Lipinski definition) is 4. The first-order chi connectivity index (χ1) is 17.9. The van der Waals surface area contributed by atoms with Crippen molar-refractivity contribution in [3.8, 4) is 28.3 Å². The smallest absolute Gasteiger partial charge is 0.335 e. The molecule has 1 aromatic heterocycles. The maximum atomic E-state index is 11.6. The van der Waals surface area contributed by atoms with Crippen LogP contribution in [0.2, 0.25) is 0 Å². The summed E-state index contributed by atoms with van der Waals surface area (Å²) in [6, 6.07) is 22.6. The molecule has 0 atom stereocenters. The zero-order valence-corrected chi connectivity index (χ0v) is 21.9. The molecule has 190 valence electrons. The summed E-state index contributed by atoms with van der Waals surface area (Å²) in [4.78, 5) is 23.2. The van der Waals surface area contributed by atoms with E-state index in [2.05, 4.69) is 28.1 Å². The van der Waals surface area contributed by atoms with Gasteiger partial charge in [0, 0.05) is 34.1 Å². The van der Waals surface area contributed by atoms with E-state index in [9.17, 15) is 19.8 Å². The highest BCUT2D eigenvalue weighted by Crippen LogP contribution is 2.38. The summed E-state index contributed by atoms with van der Waals surface area (Å²) in [6.07, 6.45) is 0.922. The zero-order chi connectivity index (χ0) is 26.4. The first-order valence-electron chi connectivity index (χ1n) is 12.0. The van der Waals surface area contributed by atoms with Crippen LogP contribution < -0.4 is 4.74 Å². The molecule has 0 aliphatic rings. The second kappa shape index (κ2) is 11.9. The molecule has 0 radical (unpaired) electrons. The first-order valence-corrected chi connectivity index (χ1v) is 12.8. The molecule has 7 nitrogen and oxygen atoms in total. The van der Waals surface area contributed by atoms with E-state index < -0.39 is 11.9 Å². The van der Waals surface area contributed by atoms with Gasteiger partial charge in [0.1, 0.15) is 5.75 Å². The van der Waals surface area contributed by atoms with E-state index in [-0.39, 0.29) is 18.4 Å². The van der Waals surface area contributed by atoms with Crippen LogP contribution in [0.3, 0.4) is 0 Å². The third-order valence-electron chi connectivity index (χ3n) is 6.00. The highest BCUT2D eigenvalue weighted by Gasteiger charge is 2.24. The second-order valence-corrected chi connectivity index (χ2v) is 9.40. The van der Waals surface area contributed by atoms with Gasteiger partial charge in [-0.2, -0.15) is 5.10 Å². The Balaban J connectivity index is 1.91. The van der Waals surface area contributed by atoms with Crippen molar-refractivity contribution in [2.75, 3.05) is 6.61 Å². The Labute approximate surface area is 223 Å². The number of aromatic carboxylic acids is 1. The van der Waals surface area contributed by atoms with Crippen molar-refractivity contribution in [2.24, 2.45) is 0 Å². The number of carboxylic acid groups (broad SMARTS) is 2. The number of aryl methyl sites for hydroxylation is 2. The highest BCUT2D eigenvalue weighted by atomic mass is 79.9. The summed E-state index contributed by atoms with van der Waals surface area (Å²) in [5.74, 6) is -1.56. The van der Waals surface area contributed by atoms with Gasteiger partial charge in [-0.15, -0.1) is 0 Å². The van der Waals surface area contributed by atoms with Gasteiger partial charge < -0.3 is 14.9 Å². The number of hydrogen-bond donors (Lipinski definition) is 2. The van der Waals surface area contributed by atoms with E-state index in [1.54, 1.807) is 6.07 Å². The minimum Gasteiger partial charge on any atom is -0.493 e. The van der Waals surface area contributed by atoms with Gasteiger partial charge >= 0.3 is 11.9 Å². The summed E-state index contributed by atoms with van der Waals surface area (Å²) >= 11 is 3.49. The minimum absolute atomic E-state index is 0.0713. The standard InChI is InChI=1S/C29H27BrN2O5/c1-2-37-25-18-21(29(35)36)10-13-23(25)27-24(14-15-26(33)34)28(20-8-11-22(30)12-9-20)32(31-27)17-16-19-6-4-3-5-7-19/h3-13,18H,2,14-17H2,1H3,(H,33,34)(H,35,36). The predicted molar refractivity (Wildman–Crippen MR) is 145 cm³/mol. The zero-order valence-electron chi connectivity index (χ0n) is 20.4. The van der Waals surface area contributed by atoms with Crippen LogP contribution in [0.15, 0.2) is 77.3 Å². The molecule has 0 aliphatic heterocycles. The number of aromatic nitrogens is 2. The fourth-order valence-electron chi connectivity index (χ4n) is 4.28. The molecular formula is C29H27BrN2O5. The molecule has 4 aromatic rings. The minimum atomic E-state index is -1.05. The number of benzene rings is 3. The van der Waals surface area contributed by atoms with Gasteiger partial charge in [-0.1, -0.05) is 58.4 Å². The molecule has 0 saturated heterocycles. The van der Waals surface area contributed by atoms with Crippen molar-refractivity contribution < 1.29 is 24.5 Å². The van der Waals surface area contributed by atoms with Crippen molar-refractivity contribution in [2.45, 2.75) is 32.7 Å². The Hall–Kier alpha value is -3.91. The Morgan fingerprint density at radius 2 is 1.70 bits per heavy atom. The van der Waals surface area contributed by atoms with Gasteiger partial charge in [-0.3, -0.25) is 9.48 Å². The van der Waals surface area contributed by atoms with E-state index in [0.717, 1.165) is 33.3 Å². The van der Waals surface area contributed by atoms with Crippen LogP contribution in [0.1, 0.15) is 34.8 Å². The van der Waals surface area contributed by atoms with Gasteiger partial charge in [0.2, 0.25) is 0 Å². The van der Waals surface area contributed by atoms with E-state index in [4.69, 9.17) is 9.84 Å². The summed E-state index contributed by atoms with van der Waals surface area (Å²) in [5.41, 5.74) is 5.02. The van der Waals surface area contributed by atoms with Crippen LogP contribution in [0, 0.1) is 0 Å². The number of nitrogens with zero attached hydrogens (tertiary/aromatic N) is 2.